The van der Waals surface area contributed by atoms with Crippen LogP contribution in [0.5, 0.6) is 6.01 Å². The van der Waals surface area contributed by atoms with Gasteiger partial charge in [-0.1, -0.05) is 6.07 Å². The minimum Gasteiger partial charge on any atom is -0.460 e. The second kappa shape index (κ2) is 6.54. The first-order valence-electron chi connectivity index (χ1n) is 6.50. The molecule has 0 N–H and O–H groups in total. The zero-order valence-corrected chi connectivity index (χ0v) is 12.6. The van der Waals surface area contributed by atoms with Crippen LogP contribution in [0.2, 0.25) is 0 Å². The molecule has 3 heterocycles. The van der Waals surface area contributed by atoms with Gasteiger partial charge >= 0.3 is 11.9 Å². The van der Waals surface area contributed by atoms with Gasteiger partial charge in [0, 0.05) is 7.11 Å². The maximum atomic E-state index is 12.5. The molecule has 3 rings (SSSR count). The first kappa shape index (κ1) is 14.5. The SMILES string of the molecule is COCCOc1nc(-c2cccs2)n(C(=O)c2ccco2)n1. The van der Waals surface area contributed by atoms with E-state index in [1.54, 1.807) is 19.2 Å². The van der Waals surface area contributed by atoms with E-state index in [0.717, 1.165) is 4.88 Å². The van der Waals surface area contributed by atoms with Gasteiger partial charge in [-0.2, -0.15) is 9.67 Å². The molecule has 0 saturated carbocycles. The predicted octanol–water partition coefficient (Wildman–Crippen LogP) is 2.31. The number of hydrogen-bond acceptors (Lipinski definition) is 7. The van der Waals surface area contributed by atoms with Gasteiger partial charge in [0.1, 0.15) is 6.61 Å². The van der Waals surface area contributed by atoms with Crippen LogP contribution in [0, 0.1) is 0 Å². The van der Waals surface area contributed by atoms with Crippen LogP contribution in [-0.2, 0) is 4.74 Å². The zero-order valence-electron chi connectivity index (χ0n) is 11.8. The molecule has 3 aromatic heterocycles. The summed E-state index contributed by atoms with van der Waals surface area (Å²) in [5, 5.41) is 6.02. The van der Waals surface area contributed by atoms with E-state index in [0.29, 0.717) is 19.0 Å². The van der Waals surface area contributed by atoms with Crippen molar-refractivity contribution in [1.29, 1.82) is 0 Å². The summed E-state index contributed by atoms with van der Waals surface area (Å²) in [6, 6.07) is 7.08. The Balaban J connectivity index is 1.94. The summed E-state index contributed by atoms with van der Waals surface area (Å²) in [5.41, 5.74) is 0. The van der Waals surface area contributed by atoms with Crippen molar-refractivity contribution in [2.45, 2.75) is 0 Å². The Labute approximate surface area is 130 Å². The molecule has 22 heavy (non-hydrogen) atoms. The zero-order chi connectivity index (χ0) is 15.4. The van der Waals surface area contributed by atoms with Crippen molar-refractivity contribution in [3.8, 4) is 16.7 Å². The van der Waals surface area contributed by atoms with E-state index < -0.39 is 5.91 Å². The van der Waals surface area contributed by atoms with Crippen LogP contribution in [0.15, 0.2) is 40.3 Å². The number of ether oxygens (including phenoxy) is 2. The molecule has 0 aliphatic rings. The highest BCUT2D eigenvalue weighted by molar-refractivity contribution is 7.13. The number of thiophene rings is 1. The number of furan rings is 1. The lowest BCUT2D eigenvalue weighted by atomic mass is 10.4. The molecule has 114 valence electrons. The maximum Gasteiger partial charge on any atom is 0.336 e. The molecule has 0 saturated heterocycles. The monoisotopic (exact) mass is 319 g/mol. The number of carbonyl (C=O) groups excluding carboxylic acids is 1. The number of nitrogens with zero attached hydrogens (tertiary/aromatic N) is 3. The quantitative estimate of drug-likeness (QED) is 0.649. The summed E-state index contributed by atoms with van der Waals surface area (Å²) in [4.78, 5) is 17.5. The van der Waals surface area contributed by atoms with Crippen molar-refractivity contribution in [3.63, 3.8) is 0 Å². The molecule has 0 radical (unpaired) electrons. The number of hydrogen-bond donors (Lipinski definition) is 0. The van der Waals surface area contributed by atoms with Crippen LogP contribution in [0.4, 0.5) is 0 Å². The average molecular weight is 319 g/mol. The molecular formula is C14H13N3O4S. The second-order valence-corrected chi connectivity index (χ2v) is 5.18. The summed E-state index contributed by atoms with van der Waals surface area (Å²) in [5.74, 6) is 0.206. The van der Waals surface area contributed by atoms with Crippen LogP contribution in [0.1, 0.15) is 10.6 Å². The van der Waals surface area contributed by atoms with Crippen molar-refractivity contribution in [2.24, 2.45) is 0 Å². The van der Waals surface area contributed by atoms with Crippen LogP contribution < -0.4 is 4.74 Å². The normalized spacial score (nSPS) is 10.8. The van der Waals surface area contributed by atoms with E-state index in [-0.39, 0.29) is 11.8 Å². The van der Waals surface area contributed by atoms with Gasteiger partial charge < -0.3 is 13.9 Å². The standard InChI is InChI=1S/C14H13N3O4S/c1-19-7-8-21-14-15-12(11-5-3-9-22-11)17(16-14)13(18)10-4-2-6-20-10/h2-6,9H,7-8H2,1H3. The highest BCUT2D eigenvalue weighted by Crippen LogP contribution is 2.25. The first-order valence-corrected chi connectivity index (χ1v) is 7.38. The van der Waals surface area contributed by atoms with E-state index in [4.69, 9.17) is 13.9 Å². The van der Waals surface area contributed by atoms with E-state index >= 15 is 0 Å². The van der Waals surface area contributed by atoms with Gasteiger partial charge in [0.25, 0.3) is 0 Å². The van der Waals surface area contributed by atoms with Crippen LogP contribution in [-0.4, -0.2) is 41.0 Å². The second-order valence-electron chi connectivity index (χ2n) is 4.23. The van der Waals surface area contributed by atoms with Gasteiger partial charge in [0.05, 0.1) is 17.7 Å². The van der Waals surface area contributed by atoms with Gasteiger partial charge in [-0.05, 0) is 23.6 Å². The lowest BCUT2D eigenvalue weighted by Crippen LogP contribution is -2.14. The third-order valence-electron chi connectivity index (χ3n) is 2.77. The smallest absolute Gasteiger partial charge is 0.336 e. The van der Waals surface area contributed by atoms with Crippen molar-refractivity contribution in [3.05, 3.63) is 41.7 Å². The minimum absolute atomic E-state index is 0.125. The summed E-state index contributed by atoms with van der Waals surface area (Å²) in [6.07, 6.45) is 1.44. The van der Waals surface area contributed by atoms with Gasteiger partial charge in [-0.25, -0.2) is 0 Å². The molecule has 7 nitrogen and oxygen atoms in total. The Morgan fingerprint density at radius 3 is 2.95 bits per heavy atom. The number of methoxy groups -OCH3 is 1. The van der Waals surface area contributed by atoms with Gasteiger partial charge in [-0.3, -0.25) is 4.79 Å². The van der Waals surface area contributed by atoms with Crippen molar-refractivity contribution < 1.29 is 18.7 Å². The van der Waals surface area contributed by atoms with Crippen LogP contribution in [0.3, 0.4) is 0 Å². The highest BCUT2D eigenvalue weighted by Gasteiger charge is 2.22. The molecule has 0 bridgehead atoms. The molecule has 0 aliphatic heterocycles. The Morgan fingerprint density at radius 2 is 2.27 bits per heavy atom. The fourth-order valence-electron chi connectivity index (χ4n) is 1.78. The molecular weight excluding hydrogens is 306 g/mol. The molecule has 0 unspecified atom stereocenters. The highest BCUT2D eigenvalue weighted by atomic mass is 32.1. The fraction of sp³-hybridized carbons (Fsp3) is 0.214. The van der Waals surface area contributed by atoms with Crippen molar-refractivity contribution >= 4 is 17.2 Å². The van der Waals surface area contributed by atoms with E-state index in [9.17, 15) is 4.79 Å². The lowest BCUT2D eigenvalue weighted by molar-refractivity contribution is 0.0915. The molecule has 3 aromatic rings. The Kier molecular flexibility index (Phi) is 4.31. The first-order chi connectivity index (χ1) is 10.8. The van der Waals surface area contributed by atoms with Gasteiger partial charge in [-0.15, -0.1) is 16.4 Å². The molecule has 0 atom stereocenters. The van der Waals surface area contributed by atoms with Crippen molar-refractivity contribution in [2.75, 3.05) is 20.3 Å². The molecule has 0 aliphatic carbocycles. The molecule has 0 amide bonds. The predicted molar refractivity (Wildman–Crippen MR) is 79.1 cm³/mol. The fourth-order valence-corrected chi connectivity index (χ4v) is 2.48. The molecule has 0 aromatic carbocycles. The summed E-state index contributed by atoms with van der Waals surface area (Å²) in [6.45, 7) is 0.717. The molecule has 8 heteroatoms. The van der Waals surface area contributed by atoms with Gasteiger partial charge in [0.2, 0.25) is 0 Å². The van der Waals surface area contributed by atoms with E-state index in [2.05, 4.69) is 10.1 Å². The molecule has 0 fully saturated rings. The Bertz CT molecular complexity index is 734. The van der Waals surface area contributed by atoms with E-state index in [1.165, 1.54) is 22.3 Å². The Hall–Kier alpha value is -2.45. The molecule has 0 spiro atoms. The summed E-state index contributed by atoms with van der Waals surface area (Å²) < 4.78 is 16.6. The van der Waals surface area contributed by atoms with Crippen LogP contribution >= 0.6 is 11.3 Å². The third kappa shape index (κ3) is 2.92. The summed E-state index contributed by atoms with van der Waals surface area (Å²) >= 11 is 1.46. The maximum absolute atomic E-state index is 12.5. The van der Waals surface area contributed by atoms with E-state index in [1.807, 2.05) is 17.5 Å². The minimum atomic E-state index is -0.400. The number of rotatable bonds is 6. The lowest BCUT2D eigenvalue weighted by Gasteiger charge is -2.00. The van der Waals surface area contributed by atoms with Gasteiger partial charge in [0.15, 0.2) is 11.6 Å². The summed E-state index contributed by atoms with van der Waals surface area (Å²) in [7, 11) is 1.58. The van der Waals surface area contributed by atoms with Crippen LogP contribution in [0.25, 0.3) is 10.7 Å². The largest absolute Gasteiger partial charge is 0.460 e. The average Bonchev–Trinajstić information content (AvgIpc) is 3.27. The number of aromatic nitrogens is 3. The number of carbonyl (C=O) groups is 1. The van der Waals surface area contributed by atoms with Crippen molar-refractivity contribution in [1.82, 2.24) is 14.8 Å². The topological polar surface area (TPSA) is 79.4 Å². The third-order valence-corrected chi connectivity index (χ3v) is 3.64. The Morgan fingerprint density at radius 1 is 1.36 bits per heavy atom.